The Morgan fingerprint density at radius 1 is 1.07 bits per heavy atom. The van der Waals surface area contributed by atoms with Gasteiger partial charge >= 0.3 is 5.97 Å². The average Bonchev–Trinajstić information content (AvgIpc) is 3.51. The maximum absolute atomic E-state index is 13.1. The van der Waals surface area contributed by atoms with Gasteiger partial charge in [0.15, 0.2) is 0 Å². The monoisotopic (exact) mass is 556 g/mol. The van der Waals surface area contributed by atoms with Crippen LogP contribution in [0.3, 0.4) is 0 Å². The Bertz CT molecular complexity index is 1670. The molecule has 8 nitrogen and oxygen atoms in total. The fourth-order valence-corrected chi connectivity index (χ4v) is 5.45. The van der Waals surface area contributed by atoms with Gasteiger partial charge in [0.05, 0.1) is 37.6 Å². The van der Waals surface area contributed by atoms with Crippen LogP contribution in [0.2, 0.25) is 0 Å². The molecule has 0 bridgehead atoms. The zero-order valence-corrected chi connectivity index (χ0v) is 24.2. The molecular weight excluding hydrogens is 516 g/mol. The van der Waals surface area contributed by atoms with Crippen LogP contribution in [-0.4, -0.2) is 64.6 Å². The van der Waals surface area contributed by atoms with Gasteiger partial charge in [0.25, 0.3) is 0 Å². The van der Waals surface area contributed by atoms with Gasteiger partial charge in [-0.3, -0.25) is 4.68 Å². The van der Waals surface area contributed by atoms with Gasteiger partial charge in [0, 0.05) is 35.6 Å². The van der Waals surface area contributed by atoms with Gasteiger partial charge < -0.3 is 24.5 Å². The summed E-state index contributed by atoms with van der Waals surface area (Å²) in [5.74, 6) is 0.480. The molecule has 2 N–H and O–H groups in total. The lowest BCUT2D eigenvalue weighted by molar-refractivity contribution is 0.0519. The number of nitrogens with zero attached hydrogens (tertiary/aromatic N) is 3. The molecular formula is C33H40N4O4. The average molecular weight is 557 g/mol. The Kier molecular flexibility index (Phi) is 8.71. The number of hydrogen-bond acceptors (Lipinski definition) is 6. The van der Waals surface area contributed by atoms with Crippen LogP contribution in [0.25, 0.3) is 32.8 Å². The molecule has 0 aliphatic carbocycles. The first-order valence-electron chi connectivity index (χ1n) is 14.2. The fraction of sp³-hybridized carbons (Fsp3) is 0.333. The van der Waals surface area contributed by atoms with E-state index in [-0.39, 0.29) is 20.6 Å². The molecule has 5 rings (SSSR count). The van der Waals surface area contributed by atoms with Crippen LogP contribution in [0.4, 0.5) is 0 Å². The van der Waals surface area contributed by atoms with Crippen molar-refractivity contribution in [2.75, 3.05) is 33.9 Å². The first-order chi connectivity index (χ1) is 19.9. The van der Waals surface area contributed by atoms with Gasteiger partial charge in [0.2, 0.25) is 0 Å². The van der Waals surface area contributed by atoms with E-state index in [2.05, 4.69) is 28.1 Å². The summed E-state index contributed by atoms with van der Waals surface area (Å²) >= 11 is 0. The van der Waals surface area contributed by atoms with Crippen LogP contribution in [0.5, 0.6) is 5.75 Å². The van der Waals surface area contributed by atoms with E-state index in [4.69, 9.17) is 14.6 Å². The van der Waals surface area contributed by atoms with E-state index in [0.29, 0.717) is 31.0 Å². The quantitative estimate of drug-likeness (QED) is 0.145. The number of nitrogens with one attached hydrogen (secondary N) is 1. The number of carbonyl (C=O) groups is 1. The lowest BCUT2D eigenvalue weighted by atomic mass is 9.98. The number of aromatic nitrogens is 3. The summed E-state index contributed by atoms with van der Waals surface area (Å²) in [5, 5.41) is 18.1. The predicted octanol–water partition coefficient (Wildman–Crippen LogP) is 5.98. The molecule has 8 heteroatoms. The predicted molar refractivity (Wildman–Crippen MR) is 165 cm³/mol. The van der Waals surface area contributed by atoms with Crippen LogP contribution < -0.4 is 4.74 Å². The minimum absolute atomic E-state index is 0. The molecule has 0 spiro atoms. The number of likely N-dealkylation sites (N-methyl/N-ethyl adjacent to an activating group) is 1. The number of rotatable bonds is 12. The number of hydrogen-bond donors (Lipinski definition) is 2. The summed E-state index contributed by atoms with van der Waals surface area (Å²) in [6, 6.07) is 20.3. The standard InChI is InChI=1S/C33H38N4O4.H2/c1-5-40-33(39)32-26(16-10-20-41-29-17-8-12-23-11-6-7-13-24(23)29)25-14-9-15-27(31(25)34-32)30-22(2)37(19-18-36(3)4)35-28(30)21-38;/h6-9,11-15,17,34,38H,5,10,16,18-21H2,1-4H3;1H. The molecule has 0 saturated carbocycles. The smallest absolute Gasteiger partial charge is 0.355 e. The van der Waals surface area contributed by atoms with E-state index in [1.807, 2.05) is 75.1 Å². The van der Waals surface area contributed by atoms with Gasteiger partial charge in [0.1, 0.15) is 11.4 Å². The molecule has 0 atom stereocenters. The van der Waals surface area contributed by atoms with Gasteiger partial charge in [-0.2, -0.15) is 5.10 Å². The number of carbonyl (C=O) groups excluding carboxylic acids is 1. The third-order valence-corrected chi connectivity index (χ3v) is 7.46. The third-order valence-electron chi connectivity index (χ3n) is 7.46. The van der Waals surface area contributed by atoms with Crippen molar-refractivity contribution in [1.82, 2.24) is 19.7 Å². The van der Waals surface area contributed by atoms with Gasteiger partial charge in [-0.05, 0) is 57.8 Å². The summed E-state index contributed by atoms with van der Waals surface area (Å²) in [7, 11) is 4.05. The third kappa shape index (κ3) is 5.85. The number of esters is 1. The van der Waals surface area contributed by atoms with Crippen LogP contribution in [0.1, 0.15) is 42.2 Å². The highest BCUT2D eigenvalue weighted by molar-refractivity contribution is 6.04. The van der Waals surface area contributed by atoms with E-state index in [9.17, 15) is 9.90 Å². The fourth-order valence-electron chi connectivity index (χ4n) is 5.45. The van der Waals surface area contributed by atoms with Crippen molar-refractivity contribution in [3.05, 3.63) is 83.3 Å². The normalized spacial score (nSPS) is 11.6. The van der Waals surface area contributed by atoms with Crippen molar-refractivity contribution in [2.24, 2.45) is 0 Å². The summed E-state index contributed by atoms with van der Waals surface area (Å²) in [6.45, 7) is 6.00. The Morgan fingerprint density at radius 2 is 1.83 bits per heavy atom. The van der Waals surface area contributed by atoms with Gasteiger partial charge in [-0.15, -0.1) is 0 Å². The van der Waals surface area contributed by atoms with E-state index < -0.39 is 0 Å². The van der Waals surface area contributed by atoms with E-state index in [1.54, 1.807) is 0 Å². The summed E-state index contributed by atoms with van der Waals surface area (Å²) in [5.41, 5.74) is 5.59. The number of H-pyrrole nitrogens is 1. The molecule has 0 amide bonds. The molecule has 2 heterocycles. The summed E-state index contributed by atoms with van der Waals surface area (Å²) < 4.78 is 13.6. The number of benzene rings is 3. The zero-order chi connectivity index (χ0) is 28.9. The molecule has 0 saturated heterocycles. The van der Waals surface area contributed by atoms with Crippen LogP contribution >= 0.6 is 0 Å². The molecule has 0 unspecified atom stereocenters. The first-order valence-corrected chi connectivity index (χ1v) is 14.2. The molecule has 41 heavy (non-hydrogen) atoms. The SMILES string of the molecule is CCOC(=O)c1[nH]c2c(-c3c(CO)nn(CCN(C)C)c3C)cccc2c1CCCOc1cccc2ccccc12.[HH]. The maximum atomic E-state index is 13.1. The topological polar surface area (TPSA) is 92.6 Å². The number of aryl methyl sites for hydroxylation is 1. The van der Waals surface area contributed by atoms with E-state index >= 15 is 0 Å². The first kappa shape index (κ1) is 28.4. The Balaban J connectivity index is 0.00000405. The molecule has 2 aromatic heterocycles. The van der Waals surface area contributed by atoms with Crippen LogP contribution in [0.15, 0.2) is 60.7 Å². The molecule has 0 radical (unpaired) electrons. The lowest BCUT2D eigenvalue weighted by Crippen LogP contribution is -2.19. The van der Waals surface area contributed by atoms with Gasteiger partial charge in [-0.1, -0.05) is 54.6 Å². The minimum atomic E-state index is -0.375. The highest BCUT2D eigenvalue weighted by Crippen LogP contribution is 2.36. The van der Waals surface area contributed by atoms with Crippen LogP contribution in [0, 0.1) is 6.92 Å². The largest absolute Gasteiger partial charge is 0.493 e. The van der Waals surface area contributed by atoms with Crippen molar-refractivity contribution < 1.29 is 20.8 Å². The number of aliphatic hydroxyl groups is 1. The molecule has 3 aromatic carbocycles. The molecule has 0 aliphatic heterocycles. The van der Waals surface area contributed by atoms with Crippen molar-refractivity contribution in [2.45, 2.75) is 39.8 Å². The molecule has 0 fully saturated rings. The van der Waals surface area contributed by atoms with E-state index in [1.165, 1.54) is 0 Å². The Hall–Kier alpha value is -4.14. The Morgan fingerprint density at radius 3 is 2.61 bits per heavy atom. The number of aromatic amines is 1. The number of para-hydroxylation sites is 1. The number of aliphatic hydroxyl groups excluding tert-OH is 1. The zero-order valence-electron chi connectivity index (χ0n) is 24.2. The van der Waals surface area contributed by atoms with Crippen molar-refractivity contribution in [3.8, 4) is 16.9 Å². The second-order valence-corrected chi connectivity index (χ2v) is 10.4. The van der Waals surface area contributed by atoms with Crippen molar-refractivity contribution in [1.29, 1.82) is 0 Å². The number of fused-ring (bicyclic) bond motifs is 2. The summed E-state index contributed by atoms with van der Waals surface area (Å²) in [6.07, 6.45) is 1.35. The molecule has 5 aromatic rings. The highest BCUT2D eigenvalue weighted by atomic mass is 16.5. The second-order valence-electron chi connectivity index (χ2n) is 10.4. The lowest BCUT2D eigenvalue weighted by Gasteiger charge is -2.11. The number of ether oxygens (including phenoxy) is 2. The highest BCUT2D eigenvalue weighted by Gasteiger charge is 2.24. The molecule has 0 aliphatic rings. The van der Waals surface area contributed by atoms with Crippen molar-refractivity contribution >= 4 is 27.6 Å². The summed E-state index contributed by atoms with van der Waals surface area (Å²) in [4.78, 5) is 18.6. The second kappa shape index (κ2) is 12.6. The van der Waals surface area contributed by atoms with Crippen molar-refractivity contribution in [3.63, 3.8) is 0 Å². The Labute approximate surface area is 242 Å². The van der Waals surface area contributed by atoms with Gasteiger partial charge in [-0.25, -0.2) is 4.79 Å². The molecule has 216 valence electrons. The van der Waals surface area contributed by atoms with E-state index in [0.717, 1.165) is 62.8 Å². The maximum Gasteiger partial charge on any atom is 0.355 e. The van der Waals surface area contributed by atoms with Crippen LogP contribution in [-0.2, 0) is 24.3 Å². The minimum Gasteiger partial charge on any atom is -0.493 e.